The fraction of sp³-hybridized carbons (Fsp3) is 0.391. The van der Waals surface area contributed by atoms with Crippen LogP contribution < -0.4 is 5.56 Å². The number of hydrogen-bond donors (Lipinski definition) is 0. The predicted molar refractivity (Wildman–Crippen MR) is 124 cm³/mol. The number of carbonyl (C=O) groups excluding carboxylic acids is 1. The second-order valence-electron chi connectivity index (χ2n) is 8.13. The van der Waals surface area contributed by atoms with Crippen LogP contribution in [0.3, 0.4) is 0 Å². The number of fused-ring (bicyclic) bond motifs is 1. The number of benzene rings is 1. The molecule has 1 aromatic carbocycles. The van der Waals surface area contributed by atoms with Crippen LogP contribution in [0.1, 0.15) is 35.8 Å². The number of rotatable bonds is 6. The molecule has 0 bridgehead atoms. The number of amides is 1. The summed E-state index contributed by atoms with van der Waals surface area (Å²) in [6.07, 6.45) is 3.27. The second-order valence-corrected chi connectivity index (χ2v) is 10.1. The molecule has 3 aromatic rings. The fourth-order valence-electron chi connectivity index (χ4n) is 3.88. The van der Waals surface area contributed by atoms with Crippen molar-refractivity contribution in [2.45, 2.75) is 38.1 Å². The molecule has 1 unspecified atom stereocenters. The number of aryl methyl sites for hydroxylation is 2. The monoisotopic (exact) mass is 469 g/mol. The van der Waals surface area contributed by atoms with Crippen molar-refractivity contribution in [2.75, 3.05) is 26.2 Å². The number of pyridine rings is 1. The lowest BCUT2D eigenvalue weighted by Crippen LogP contribution is -2.53. The van der Waals surface area contributed by atoms with E-state index >= 15 is 0 Å². The maximum atomic E-state index is 13.2. The topological polar surface area (TPSA) is 111 Å². The van der Waals surface area contributed by atoms with E-state index < -0.39 is 21.9 Å². The lowest BCUT2D eigenvalue weighted by Gasteiger charge is -2.35. The standard InChI is InChI=1S/C23H27N5O4S/c1-3-4-12-28-21-19(6-5-11-24-21)25-20(23(28)30)22(29)26-13-15-27(16-14-26)33(31,32)18-9-7-17(2)8-10-18/h5-11H,3-4,12-16H2,1-2H3. The minimum Gasteiger partial charge on any atom is -0.593 e. The van der Waals surface area contributed by atoms with Gasteiger partial charge in [0.25, 0.3) is 11.5 Å². The van der Waals surface area contributed by atoms with E-state index in [1.165, 1.54) is 13.8 Å². The van der Waals surface area contributed by atoms with Gasteiger partial charge in [-0.05, 0) is 37.6 Å². The Labute approximate surface area is 193 Å². The zero-order valence-electron chi connectivity index (χ0n) is 18.8. The van der Waals surface area contributed by atoms with Crippen LogP contribution in [0.15, 0.2) is 52.3 Å². The molecule has 0 radical (unpaired) electrons. The summed E-state index contributed by atoms with van der Waals surface area (Å²) in [5, 5.41) is 0. The highest BCUT2D eigenvalue weighted by atomic mass is 32.3. The summed E-state index contributed by atoms with van der Waals surface area (Å²) in [4.78, 5) is 36.7. The molecule has 1 atom stereocenters. The third-order valence-corrected chi connectivity index (χ3v) is 7.74. The number of hydrogen-bond acceptors (Lipinski definition) is 6. The number of sulfonamides is 1. The van der Waals surface area contributed by atoms with Gasteiger partial charge in [0.1, 0.15) is 5.52 Å². The maximum Gasteiger partial charge on any atom is 0.283 e. The Bertz CT molecular complexity index is 1270. The van der Waals surface area contributed by atoms with Gasteiger partial charge in [0.2, 0.25) is 0 Å². The van der Waals surface area contributed by atoms with Crippen LogP contribution in [0.25, 0.3) is 11.2 Å². The molecule has 0 N–H and O–H groups in total. The Kier molecular flexibility index (Phi) is 6.68. The number of nitrogens with zero attached hydrogens (tertiary/aromatic N) is 5. The van der Waals surface area contributed by atoms with Crippen molar-refractivity contribution in [3.63, 3.8) is 0 Å². The van der Waals surface area contributed by atoms with Gasteiger partial charge in [0.15, 0.2) is 26.6 Å². The average molecular weight is 470 g/mol. The van der Waals surface area contributed by atoms with Gasteiger partial charge in [-0.2, -0.15) is 0 Å². The zero-order chi connectivity index (χ0) is 23.6. The van der Waals surface area contributed by atoms with Gasteiger partial charge in [-0.15, -0.1) is 4.31 Å². The quantitative estimate of drug-likeness (QED) is 0.512. The van der Waals surface area contributed by atoms with Crippen molar-refractivity contribution < 1.29 is 13.6 Å². The average Bonchev–Trinajstić information content (AvgIpc) is 2.83. The predicted octanol–water partition coefficient (Wildman–Crippen LogP) is 2.26. The van der Waals surface area contributed by atoms with Crippen LogP contribution in [-0.2, 0) is 21.2 Å². The highest BCUT2D eigenvalue weighted by Gasteiger charge is 2.35. The Morgan fingerprint density at radius 3 is 2.48 bits per heavy atom. The molecular formula is C23H27N5O4S. The van der Waals surface area contributed by atoms with Crippen LogP contribution in [0.5, 0.6) is 0 Å². The van der Waals surface area contributed by atoms with Crippen molar-refractivity contribution >= 4 is 27.5 Å². The van der Waals surface area contributed by atoms with E-state index in [9.17, 15) is 18.4 Å². The van der Waals surface area contributed by atoms with Crippen LogP contribution in [-0.4, -0.2) is 60.4 Å². The largest absolute Gasteiger partial charge is 0.593 e. The molecular weight excluding hydrogens is 442 g/mol. The molecule has 0 saturated carbocycles. The van der Waals surface area contributed by atoms with Crippen molar-refractivity contribution in [3.05, 3.63) is 64.2 Å². The third kappa shape index (κ3) is 4.59. The lowest BCUT2D eigenvalue weighted by atomic mass is 10.2. The summed E-state index contributed by atoms with van der Waals surface area (Å²) in [5.41, 5.74) is 1.31. The lowest BCUT2D eigenvalue weighted by molar-refractivity contribution is 0.0685. The summed E-state index contributed by atoms with van der Waals surface area (Å²) < 4.78 is 28.8. The highest BCUT2D eigenvalue weighted by Crippen LogP contribution is 2.23. The molecule has 1 fully saturated rings. The molecule has 174 valence electrons. The van der Waals surface area contributed by atoms with Gasteiger partial charge < -0.3 is 9.45 Å². The molecule has 0 spiro atoms. The van der Waals surface area contributed by atoms with Crippen molar-refractivity contribution in [1.29, 1.82) is 0 Å². The van der Waals surface area contributed by atoms with Gasteiger partial charge >= 0.3 is 0 Å². The molecule has 1 aliphatic rings. The molecule has 33 heavy (non-hydrogen) atoms. The normalized spacial score (nSPS) is 16.6. The smallest absolute Gasteiger partial charge is 0.283 e. The number of piperazine rings is 1. The second kappa shape index (κ2) is 9.50. The first-order valence-corrected chi connectivity index (χ1v) is 12.5. The molecule has 3 heterocycles. The van der Waals surface area contributed by atoms with E-state index in [1.54, 1.807) is 42.6 Å². The van der Waals surface area contributed by atoms with Crippen molar-refractivity contribution in [2.24, 2.45) is 0 Å². The minimum atomic E-state index is -3.64. The summed E-state index contributed by atoms with van der Waals surface area (Å²) in [5.74, 6) is -0.483. The molecule has 1 saturated heterocycles. The summed E-state index contributed by atoms with van der Waals surface area (Å²) in [6.45, 7) is 5.05. The van der Waals surface area contributed by atoms with Crippen LogP contribution >= 0.6 is 0 Å². The SMILES string of the molecule is CCCCn1c(=O)c(C(=O)N2CCN([S+](=O)([O-])c3ccc(C)cc3)CC2)nc2cccnc21. The molecule has 0 aliphatic carbocycles. The Morgan fingerprint density at radius 2 is 1.82 bits per heavy atom. The van der Waals surface area contributed by atoms with Crippen LogP contribution in [0.2, 0.25) is 0 Å². The summed E-state index contributed by atoms with van der Waals surface area (Å²) in [7, 11) is -3.64. The van der Waals surface area contributed by atoms with E-state index in [1.807, 2.05) is 13.8 Å². The molecule has 2 aromatic heterocycles. The summed E-state index contributed by atoms with van der Waals surface area (Å²) >= 11 is 0. The molecule has 1 aliphatic heterocycles. The molecule has 4 rings (SSSR count). The fourth-order valence-corrected chi connectivity index (χ4v) is 5.30. The van der Waals surface area contributed by atoms with E-state index in [2.05, 4.69) is 9.97 Å². The van der Waals surface area contributed by atoms with Gasteiger partial charge in [-0.1, -0.05) is 35.2 Å². The van der Waals surface area contributed by atoms with E-state index in [0.717, 1.165) is 18.4 Å². The zero-order valence-corrected chi connectivity index (χ0v) is 19.6. The Morgan fingerprint density at radius 1 is 1.12 bits per heavy atom. The molecule has 1 amide bonds. The first kappa shape index (κ1) is 23.2. The van der Waals surface area contributed by atoms with E-state index in [0.29, 0.717) is 17.7 Å². The van der Waals surface area contributed by atoms with Crippen molar-refractivity contribution in [3.8, 4) is 0 Å². The minimum absolute atomic E-state index is 0.151. The molecule has 9 nitrogen and oxygen atoms in total. The van der Waals surface area contributed by atoms with Crippen LogP contribution in [0.4, 0.5) is 0 Å². The van der Waals surface area contributed by atoms with Crippen molar-refractivity contribution in [1.82, 2.24) is 23.7 Å². The Hall–Kier alpha value is -2.95. The maximum absolute atomic E-state index is 13.2. The summed E-state index contributed by atoms with van der Waals surface area (Å²) in [6, 6.07) is 10.1. The van der Waals surface area contributed by atoms with E-state index in [4.69, 9.17) is 0 Å². The highest BCUT2D eigenvalue weighted by molar-refractivity contribution is 7.95. The van der Waals surface area contributed by atoms with Gasteiger partial charge in [0.05, 0.1) is 13.1 Å². The Balaban J connectivity index is 1.55. The van der Waals surface area contributed by atoms with Gasteiger partial charge in [-0.25, -0.2) is 9.97 Å². The van der Waals surface area contributed by atoms with Crippen LogP contribution in [0, 0.1) is 6.92 Å². The van der Waals surface area contributed by atoms with Gasteiger partial charge in [-0.3, -0.25) is 14.2 Å². The number of aromatic nitrogens is 3. The molecule has 10 heteroatoms. The first-order valence-electron chi connectivity index (χ1n) is 11.0. The van der Waals surface area contributed by atoms with Gasteiger partial charge in [0, 0.05) is 25.8 Å². The number of carbonyl (C=O) groups is 1. The van der Waals surface area contributed by atoms with E-state index in [-0.39, 0.29) is 36.8 Å². The number of unbranched alkanes of at least 4 members (excludes halogenated alkanes) is 1. The first-order chi connectivity index (χ1) is 15.8. The third-order valence-electron chi connectivity index (χ3n) is 5.82.